The first-order chi connectivity index (χ1) is 7.27. The van der Waals surface area contributed by atoms with Gasteiger partial charge in [-0.1, -0.05) is 38.7 Å². The van der Waals surface area contributed by atoms with Gasteiger partial charge in [-0.05, 0) is 36.4 Å². The fourth-order valence-corrected chi connectivity index (χ4v) is 2.71. The first-order valence-corrected chi connectivity index (χ1v) is 6.60. The quantitative estimate of drug-likeness (QED) is 0.772. The van der Waals surface area contributed by atoms with Crippen LogP contribution >= 0.6 is 23.7 Å². The van der Waals surface area contributed by atoms with Crippen molar-refractivity contribution in [3.63, 3.8) is 0 Å². The molecule has 0 fully saturated rings. The van der Waals surface area contributed by atoms with Crippen LogP contribution in [0.2, 0.25) is 0 Å². The van der Waals surface area contributed by atoms with E-state index in [9.17, 15) is 4.57 Å². The van der Waals surface area contributed by atoms with Gasteiger partial charge in [0.05, 0.1) is 0 Å². The van der Waals surface area contributed by atoms with Gasteiger partial charge in [-0.15, -0.1) is 0 Å². The van der Waals surface area contributed by atoms with Crippen LogP contribution in [0.4, 0.5) is 0 Å². The first kappa shape index (κ1) is 10.5. The van der Waals surface area contributed by atoms with Crippen LogP contribution in [0.5, 0.6) is 0 Å². The van der Waals surface area contributed by atoms with Crippen LogP contribution in [0.25, 0.3) is 0 Å². The summed E-state index contributed by atoms with van der Waals surface area (Å²) in [5.74, 6) is 0. The lowest BCUT2D eigenvalue weighted by Gasteiger charge is -1.90. The summed E-state index contributed by atoms with van der Waals surface area (Å²) in [4.78, 5) is 0. The fourth-order valence-electron chi connectivity index (χ4n) is 1.29. The van der Waals surface area contributed by atoms with E-state index in [1.165, 1.54) is 0 Å². The van der Waals surface area contributed by atoms with Crippen molar-refractivity contribution in [1.29, 1.82) is 0 Å². The van der Waals surface area contributed by atoms with Crippen molar-refractivity contribution in [3.05, 3.63) is 59.1 Å². The van der Waals surface area contributed by atoms with Gasteiger partial charge in [-0.3, -0.25) is 0 Å². The van der Waals surface area contributed by atoms with Crippen LogP contribution in [0.15, 0.2) is 59.1 Å². The number of hydrogen-bond acceptors (Lipinski definition) is 1. The highest BCUT2D eigenvalue weighted by atomic mass is 79.9. The maximum Gasteiger partial charge on any atom is 0.415 e. The molecule has 0 aliphatic carbocycles. The Kier molecular flexibility index (Phi) is 3.30. The molecule has 74 valence electrons. The molecule has 0 heterocycles. The normalized spacial score (nSPS) is 11.1. The Balaban J connectivity index is 2.33. The van der Waals surface area contributed by atoms with Crippen LogP contribution in [0.3, 0.4) is 0 Å². The van der Waals surface area contributed by atoms with Crippen LogP contribution in [0, 0.1) is 0 Å². The minimum atomic E-state index is -1.45. The summed E-state index contributed by atoms with van der Waals surface area (Å²) in [6.45, 7) is 0. The third-order valence-corrected chi connectivity index (χ3v) is 4.11. The molecule has 15 heavy (non-hydrogen) atoms. The van der Waals surface area contributed by atoms with Gasteiger partial charge in [0.15, 0.2) is 10.6 Å². The van der Waals surface area contributed by atoms with Crippen molar-refractivity contribution < 1.29 is 4.57 Å². The van der Waals surface area contributed by atoms with Crippen molar-refractivity contribution in [3.8, 4) is 0 Å². The van der Waals surface area contributed by atoms with E-state index in [1.807, 2.05) is 54.6 Å². The molecule has 2 aromatic rings. The van der Waals surface area contributed by atoms with Crippen molar-refractivity contribution in [1.82, 2.24) is 0 Å². The van der Waals surface area contributed by atoms with E-state index in [0.717, 1.165) is 15.1 Å². The molecule has 0 aliphatic rings. The summed E-state index contributed by atoms with van der Waals surface area (Å²) >= 11 is 3.36. The average Bonchev–Trinajstić information content (AvgIpc) is 2.30. The van der Waals surface area contributed by atoms with Crippen molar-refractivity contribution in [2.24, 2.45) is 0 Å². The molecule has 0 aromatic heterocycles. The molecule has 1 atom stereocenters. The Hall–Kier alpha value is -0.980. The summed E-state index contributed by atoms with van der Waals surface area (Å²) in [6.07, 6.45) is 0. The lowest BCUT2D eigenvalue weighted by Crippen LogP contribution is -2.05. The second-order valence-corrected chi connectivity index (χ2v) is 5.64. The molecule has 1 unspecified atom stereocenters. The van der Waals surface area contributed by atoms with Crippen LogP contribution in [-0.4, -0.2) is 0 Å². The molecule has 0 saturated carbocycles. The third kappa shape index (κ3) is 2.53. The number of rotatable bonds is 2. The predicted molar refractivity (Wildman–Crippen MR) is 67.5 cm³/mol. The van der Waals surface area contributed by atoms with Crippen molar-refractivity contribution >= 4 is 34.3 Å². The fraction of sp³-hybridized carbons (Fsp3) is 0. The molecule has 0 radical (unpaired) electrons. The summed E-state index contributed by atoms with van der Waals surface area (Å²) < 4.78 is 13.1. The van der Waals surface area contributed by atoms with Crippen LogP contribution in [-0.2, 0) is 4.57 Å². The largest absolute Gasteiger partial charge is 0.415 e. The average molecular weight is 280 g/mol. The number of halogens is 1. The Morgan fingerprint density at radius 3 is 1.93 bits per heavy atom. The Labute approximate surface area is 98.1 Å². The number of hydrogen-bond donors (Lipinski definition) is 0. The molecular weight excluding hydrogens is 271 g/mol. The molecule has 3 heteroatoms. The monoisotopic (exact) mass is 279 g/mol. The third-order valence-electron chi connectivity index (χ3n) is 2.05. The predicted octanol–water partition coefficient (Wildman–Crippen LogP) is 3.23. The highest BCUT2D eigenvalue weighted by Gasteiger charge is 2.22. The molecule has 0 spiro atoms. The molecule has 0 amide bonds. The second kappa shape index (κ2) is 4.69. The Bertz CT molecular complexity index is 465. The van der Waals surface area contributed by atoms with Gasteiger partial charge in [-0.25, -0.2) is 0 Å². The zero-order valence-electron chi connectivity index (χ0n) is 7.93. The van der Waals surface area contributed by atoms with Crippen LogP contribution in [0.1, 0.15) is 0 Å². The Morgan fingerprint density at radius 2 is 1.33 bits per heavy atom. The smallest absolute Gasteiger partial charge is 0.0619 e. The lowest BCUT2D eigenvalue weighted by atomic mass is 10.4. The van der Waals surface area contributed by atoms with Gasteiger partial charge in [0, 0.05) is 4.47 Å². The van der Waals surface area contributed by atoms with E-state index in [1.54, 1.807) is 0 Å². The Morgan fingerprint density at radius 1 is 0.800 bits per heavy atom. The van der Waals surface area contributed by atoms with E-state index in [0.29, 0.717) is 0 Å². The molecule has 0 bridgehead atoms. The summed E-state index contributed by atoms with van der Waals surface area (Å²) in [5.41, 5.74) is 0. The summed E-state index contributed by atoms with van der Waals surface area (Å²) in [5, 5.41) is 1.73. The zero-order valence-corrected chi connectivity index (χ0v) is 10.4. The standard InChI is InChI=1S/C12H9BrOP/c13-10-6-8-12(9-7-10)15(14)11-4-2-1-3-5-11/h1-9H/q+1. The highest BCUT2D eigenvalue weighted by Crippen LogP contribution is 2.20. The van der Waals surface area contributed by atoms with E-state index < -0.39 is 7.80 Å². The summed E-state index contributed by atoms with van der Waals surface area (Å²) in [7, 11) is -1.45. The van der Waals surface area contributed by atoms with Gasteiger partial charge in [-0.2, -0.15) is 0 Å². The lowest BCUT2D eigenvalue weighted by molar-refractivity contribution is 0.598. The minimum Gasteiger partial charge on any atom is -0.0619 e. The van der Waals surface area contributed by atoms with Gasteiger partial charge in [0.1, 0.15) is 0 Å². The van der Waals surface area contributed by atoms with Crippen molar-refractivity contribution in [2.45, 2.75) is 0 Å². The van der Waals surface area contributed by atoms with E-state index >= 15 is 0 Å². The number of benzene rings is 2. The van der Waals surface area contributed by atoms with Gasteiger partial charge in [0.2, 0.25) is 0 Å². The van der Waals surface area contributed by atoms with E-state index in [2.05, 4.69) is 15.9 Å². The van der Waals surface area contributed by atoms with Crippen LogP contribution < -0.4 is 10.6 Å². The second-order valence-electron chi connectivity index (χ2n) is 3.11. The zero-order chi connectivity index (χ0) is 10.7. The van der Waals surface area contributed by atoms with E-state index in [4.69, 9.17) is 0 Å². The molecule has 2 rings (SSSR count). The topological polar surface area (TPSA) is 17.1 Å². The van der Waals surface area contributed by atoms with Gasteiger partial charge < -0.3 is 0 Å². The van der Waals surface area contributed by atoms with Gasteiger partial charge in [0.25, 0.3) is 0 Å². The maximum atomic E-state index is 12.1. The highest BCUT2D eigenvalue weighted by molar-refractivity contribution is 9.10. The first-order valence-electron chi connectivity index (χ1n) is 4.55. The molecule has 2 aromatic carbocycles. The molecule has 1 nitrogen and oxygen atoms in total. The minimum absolute atomic E-state index is 0.861. The molecule has 0 N–H and O–H groups in total. The molecule has 0 aliphatic heterocycles. The SMILES string of the molecule is O=[P+](c1ccccc1)c1ccc(Br)cc1. The molecule has 0 saturated heterocycles. The van der Waals surface area contributed by atoms with Crippen molar-refractivity contribution in [2.75, 3.05) is 0 Å². The molecular formula is C12H9BrOP+. The maximum absolute atomic E-state index is 12.1. The van der Waals surface area contributed by atoms with Gasteiger partial charge >= 0.3 is 7.80 Å². The van der Waals surface area contributed by atoms with E-state index in [-0.39, 0.29) is 0 Å². The summed E-state index contributed by atoms with van der Waals surface area (Å²) in [6, 6.07) is 17.1.